The molecule has 1 aliphatic rings. The van der Waals surface area contributed by atoms with Gasteiger partial charge in [0.1, 0.15) is 11.6 Å². The number of hydrogen-bond acceptors (Lipinski definition) is 5. The largest absolute Gasteiger partial charge is 0.496 e. The van der Waals surface area contributed by atoms with Crippen molar-refractivity contribution in [2.24, 2.45) is 0 Å². The zero-order valence-electron chi connectivity index (χ0n) is 15.7. The van der Waals surface area contributed by atoms with E-state index >= 15 is 0 Å². The molecule has 0 atom stereocenters. The summed E-state index contributed by atoms with van der Waals surface area (Å²) in [4.78, 5) is 16.9. The van der Waals surface area contributed by atoms with E-state index in [1.807, 2.05) is 0 Å². The van der Waals surface area contributed by atoms with Gasteiger partial charge in [0, 0.05) is 44.0 Å². The fourth-order valence-corrected chi connectivity index (χ4v) is 3.19. The maximum atomic E-state index is 13.1. The van der Waals surface area contributed by atoms with Gasteiger partial charge in [-0.15, -0.1) is 0 Å². The summed E-state index contributed by atoms with van der Waals surface area (Å²) in [7, 11) is 4.58. The quantitative estimate of drug-likeness (QED) is 0.806. The number of halogens is 1. The van der Waals surface area contributed by atoms with Gasteiger partial charge in [0.2, 0.25) is 0 Å². The molecule has 0 aliphatic carbocycles. The van der Waals surface area contributed by atoms with E-state index in [0.717, 1.165) is 5.69 Å². The minimum absolute atomic E-state index is 0.119. The van der Waals surface area contributed by atoms with Crippen LogP contribution in [0.3, 0.4) is 0 Å². The number of anilines is 1. The molecule has 0 radical (unpaired) electrons. The normalized spacial score (nSPS) is 14.1. The van der Waals surface area contributed by atoms with Crippen LogP contribution in [-0.4, -0.2) is 58.3 Å². The van der Waals surface area contributed by atoms with E-state index in [-0.39, 0.29) is 11.7 Å². The number of carbonyl (C=O) groups is 1. The summed E-state index contributed by atoms with van der Waals surface area (Å²) >= 11 is 0. The number of amides is 1. The molecule has 0 N–H and O–H groups in total. The molecule has 3 rings (SSSR count). The SMILES string of the molecule is COc1cc(OC)c(C(=O)N2CCN(c3ccc(F)cc3)CC2)cc1OC. The van der Waals surface area contributed by atoms with E-state index in [1.54, 1.807) is 29.2 Å². The summed E-state index contributed by atoms with van der Waals surface area (Å²) in [5.74, 6) is 1.05. The van der Waals surface area contributed by atoms with Crippen LogP contribution in [0.5, 0.6) is 17.2 Å². The van der Waals surface area contributed by atoms with E-state index in [9.17, 15) is 9.18 Å². The highest BCUT2D eigenvalue weighted by Gasteiger charge is 2.26. The Labute approximate surface area is 158 Å². The smallest absolute Gasteiger partial charge is 0.257 e. The fourth-order valence-electron chi connectivity index (χ4n) is 3.19. The maximum Gasteiger partial charge on any atom is 0.257 e. The Bertz CT molecular complexity index is 802. The highest BCUT2D eigenvalue weighted by atomic mass is 19.1. The second-order valence-corrected chi connectivity index (χ2v) is 6.16. The molecule has 1 aliphatic heterocycles. The highest BCUT2D eigenvalue weighted by Crippen LogP contribution is 2.35. The average Bonchev–Trinajstić information content (AvgIpc) is 2.72. The molecular weight excluding hydrogens is 351 g/mol. The third kappa shape index (κ3) is 3.92. The van der Waals surface area contributed by atoms with Gasteiger partial charge in [0.25, 0.3) is 5.91 Å². The Morgan fingerprint density at radius 2 is 1.41 bits per heavy atom. The molecular formula is C20H23FN2O4. The molecule has 6 nitrogen and oxygen atoms in total. The lowest BCUT2D eigenvalue weighted by molar-refractivity contribution is 0.0743. The van der Waals surface area contributed by atoms with Crippen molar-refractivity contribution in [3.05, 3.63) is 47.8 Å². The van der Waals surface area contributed by atoms with Gasteiger partial charge < -0.3 is 24.0 Å². The summed E-state index contributed by atoms with van der Waals surface area (Å²) < 4.78 is 29.0. The van der Waals surface area contributed by atoms with Crippen LogP contribution >= 0.6 is 0 Å². The van der Waals surface area contributed by atoms with E-state index in [2.05, 4.69) is 4.90 Å². The summed E-state index contributed by atoms with van der Waals surface area (Å²) in [5.41, 5.74) is 1.39. The molecule has 0 unspecified atom stereocenters. The van der Waals surface area contributed by atoms with Crippen molar-refractivity contribution < 1.29 is 23.4 Å². The Morgan fingerprint density at radius 3 is 1.96 bits per heavy atom. The summed E-state index contributed by atoms with van der Waals surface area (Å²) in [6.45, 7) is 2.47. The van der Waals surface area contributed by atoms with E-state index in [1.165, 1.54) is 33.5 Å². The second-order valence-electron chi connectivity index (χ2n) is 6.16. The van der Waals surface area contributed by atoms with Crippen molar-refractivity contribution in [1.82, 2.24) is 4.90 Å². The number of carbonyl (C=O) groups excluding carboxylic acids is 1. The van der Waals surface area contributed by atoms with Crippen LogP contribution in [0.25, 0.3) is 0 Å². The van der Waals surface area contributed by atoms with Gasteiger partial charge in [-0.05, 0) is 24.3 Å². The minimum atomic E-state index is -0.256. The predicted molar refractivity (Wildman–Crippen MR) is 101 cm³/mol. The minimum Gasteiger partial charge on any atom is -0.496 e. The lowest BCUT2D eigenvalue weighted by Gasteiger charge is -2.36. The van der Waals surface area contributed by atoms with E-state index in [0.29, 0.717) is 49.0 Å². The molecule has 7 heteroatoms. The average molecular weight is 374 g/mol. The van der Waals surface area contributed by atoms with E-state index < -0.39 is 0 Å². The van der Waals surface area contributed by atoms with Gasteiger partial charge in [-0.1, -0.05) is 0 Å². The van der Waals surface area contributed by atoms with Crippen LogP contribution < -0.4 is 19.1 Å². The number of methoxy groups -OCH3 is 3. The van der Waals surface area contributed by atoms with Crippen LogP contribution in [-0.2, 0) is 0 Å². The van der Waals surface area contributed by atoms with Crippen LogP contribution in [0.1, 0.15) is 10.4 Å². The summed E-state index contributed by atoms with van der Waals surface area (Å²) in [6, 6.07) is 9.70. The number of benzene rings is 2. The van der Waals surface area contributed by atoms with Crippen molar-refractivity contribution in [2.45, 2.75) is 0 Å². The third-order valence-corrected chi connectivity index (χ3v) is 4.69. The number of nitrogens with zero attached hydrogens (tertiary/aromatic N) is 2. The Kier molecular flexibility index (Phi) is 5.69. The Hall–Kier alpha value is -2.96. The molecule has 0 aromatic heterocycles. The number of ether oxygens (including phenoxy) is 3. The number of rotatable bonds is 5. The van der Waals surface area contributed by atoms with Gasteiger partial charge in [-0.3, -0.25) is 4.79 Å². The molecule has 2 aromatic carbocycles. The molecule has 1 saturated heterocycles. The van der Waals surface area contributed by atoms with Crippen LogP contribution in [0.4, 0.5) is 10.1 Å². The first kappa shape index (κ1) is 18.8. The standard InChI is InChI=1S/C20H23FN2O4/c1-25-17-13-19(27-3)18(26-2)12-16(17)20(24)23-10-8-22(9-11-23)15-6-4-14(21)5-7-15/h4-7,12-13H,8-11H2,1-3H3. The molecule has 0 spiro atoms. The highest BCUT2D eigenvalue weighted by molar-refractivity contribution is 5.98. The molecule has 1 heterocycles. The van der Waals surface area contributed by atoms with Crippen LogP contribution in [0, 0.1) is 5.82 Å². The lowest BCUT2D eigenvalue weighted by atomic mass is 10.1. The number of piperazine rings is 1. The molecule has 1 fully saturated rings. The maximum absolute atomic E-state index is 13.1. The number of hydrogen-bond donors (Lipinski definition) is 0. The van der Waals surface area contributed by atoms with Crippen molar-refractivity contribution >= 4 is 11.6 Å². The predicted octanol–water partition coefficient (Wildman–Crippen LogP) is 2.81. The van der Waals surface area contributed by atoms with Gasteiger partial charge >= 0.3 is 0 Å². The second kappa shape index (κ2) is 8.16. The lowest BCUT2D eigenvalue weighted by Crippen LogP contribution is -2.48. The van der Waals surface area contributed by atoms with Crippen LogP contribution in [0.2, 0.25) is 0 Å². The van der Waals surface area contributed by atoms with Gasteiger partial charge in [0.15, 0.2) is 11.5 Å². The first-order valence-corrected chi connectivity index (χ1v) is 8.67. The van der Waals surface area contributed by atoms with Crippen molar-refractivity contribution in [3.63, 3.8) is 0 Å². The van der Waals surface area contributed by atoms with Gasteiger partial charge in [-0.2, -0.15) is 0 Å². The van der Waals surface area contributed by atoms with Crippen molar-refractivity contribution in [1.29, 1.82) is 0 Å². The van der Waals surface area contributed by atoms with Gasteiger partial charge in [-0.25, -0.2) is 4.39 Å². The van der Waals surface area contributed by atoms with Crippen molar-refractivity contribution in [3.8, 4) is 17.2 Å². The molecule has 0 bridgehead atoms. The Morgan fingerprint density at radius 1 is 0.852 bits per heavy atom. The zero-order valence-corrected chi connectivity index (χ0v) is 15.7. The third-order valence-electron chi connectivity index (χ3n) is 4.69. The zero-order chi connectivity index (χ0) is 19.4. The molecule has 1 amide bonds. The summed E-state index contributed by atoms with van der Waals surface area (Å²) in [5, 5.41) is 0. The monoisotopic (exact) mass is 374 g/mol. The molecule has 144 valence electrons. The molecule has 27 heavy (non-hydrogen) atoms. The van der Waals surface area contributed by atoms with E-state index in [4.69, 9.17) is 14.2 Å². The van der Waals surface area contributed by atoms with Crippen molar-refractivity contribution in [2.75, 3.05) is 52.4 Å². The molecule has 2 aromatic rings. The first-order valence-electron chi connectivity index (χ1n) is 8.67. The van der Waals surface area contributed by atoms with Crippen LogP contribution in [0.15, 0.2) is 36.4 Å². The van der Waals surface area contributed by atoms with Gasteiger partial charge in [0.05, 0.1) is 26.9 Å². The molecule has 0 saturated carbocycles. The first-order chi connectivity index (χ1) is 13.1. The fraction of sp³-hybridized carbons (Fsp3) is 0.350. The Balaban J connectivity index is 1.74. The topological polar surface area (TPSA) is 51.2 Å². The summed E-state index contributed by atoms with van der Waals surface area (Å²) in [6.07, 6.45) is 0.